The fourth-order valence-electron chi connectivity index (χ4n) is 13.6. The molecule has 0 N–H and O–H groups in total. The van der Waals surface area contributed by atoms with Gasteiger partial charge in [0.25, 0.3) is 0 Å². The molecule has 9 aromatic carbocycles. The van der Waals surface area contributed by atoms with Crippen LogP contribution in [-0.2, 0) is 38.5 Å². The molecule has 1 atom stereocenters. The highest BCUT2D eigenvalue weighted by molar-refractivity contribution is 7.17. The molecule has 380 valence electrons. The molecule has 76 heavy (non-hydrogen) atoms. The summed E-state index contributed by atoms with van der Waals surface area (Å²) in [6, 6.07) is 75.6. The Kier molecular flexibility index (Phi) is 15.4. The van der Waals surface area contributed by atoms with E-state index >= 15 is 0 Å². The smallest absolute Gasteiger partial charge is 0.0636 e. The summed E-state index contributed by atoms with van der Waals surface area (Å²) in [7, 11) is -3.53. The molecule has 0 fully saturated rings. The van der Waals surface area contributed by atoms with Crippen LogP contribution in [-0.4, -0.2) is 8.07 Å². The van der Waals surface area contributed by atoms with E-state index in [2.05, 4.69) is 269 Å². The van der Waals surface area contributed by atoms with Crippen molar-refractivity contribution in [3.63, 3.8) is 0 Å². The van der Waals surface area contributed by atoms with Crippen LogP contribution < -0.4 is 15.6 Å². The molecular formula is C75H76Si. The van der Waals surface area contributed by atoms with E-state index in [1.165, 1.54) is 117 Å². The summed E-state index contributed by atoms with van der Waals surface area (Å²) in [4.78, 5) is 0. The zero-order valence-electron chi connectivity index (χ0n) is 46.9. The average Bonchev–Trinajstić information content (AvgIpc) is 3.64. The lowest BCUT2D eigenvalue weighted by Crippen LogP contribution is -2.74. The van der Waals surface area contributed by atoms with Crippen molar-refractivity contribution in [2.75, 3.05) is 0 Å². The largest absolute Gasteiger partial charge is 0.178 e. The van der Waals surface area contributed by atoms with Gasteiger partial charge in [-0.05, 0) is 211 Å². The van der Waals surface area contributed by atoms with E-state index in [0.29, 0.717) is 0 Å². The summed E-state index contributed by atoms with van der Waals surface area (Å²) in [5, 5.41) is 6.44. The van der Waals surface area contributed by atoms with E-state index in [-0.39, 0.29) is 5.92 Å². The highest BCUT2D eigenvalue weighted by Crippen LogP contribution is 2.45. The minimum Gasteiger partial charge on any atom is -0.0636 e. The van der Waals surface area contributed by atoms with Gasteiger partial charge in [0, 0.05) is 0 Å². The van der Waals surface area contributed by atoms with Crippen LogP contribution in [0.15, 0.2) is 222 Å². The average molecular weight is 1010 g/mol. The Balaban J connectivity index is 1.45. The van der Waals surface area contributed by atoms with Gasteiger partial charge in [0.2, 0.25) is 0 Å². The second-order valence-corrected chi connectivity index (χ2v) is 25.8. The van der Waals surface area contributed by atoms with Crippen LogP contribution in [0.2, 0.25) is 0 Å². The molecule has 0 amide bonds. The predicted octanol–water partition coefficient (Wildman–Crippen LogP) is 16.4. The van der Waals surface area contributed by atoms with Crippen molar-refractivity contribution >= 4 is 23.6 Å². The highest BCUT2D eigenvalue weighted by Gasteiger charge is 2.54. The molecule has 0 saturated carbocycles. The van der Waals surface area contributed by atoms with Crippen molar-refractivity contribution in [2.45, 2.75) is 108 Å². The molecule has 0 nitrogen and oxygen atoms in total. The fourth-order valence-corrected chi connectivity index (χ4v) is 20.9. The minimum atomic E-state index is -3.53. The molecule has 10 rings (SSSR count). The number of hydrogen-bond acceptors (Lipinski definition) is 0. The second-order valence-electron chi connectivity index (χ2n) is 22.3. The van der Waals surface area contributed by atoms with Gasteiger partial charge in [0.15, 0.2) is 8.07 Å². The van der Waals surface area contributed by atoms with Gasteiger partial charge in [-0.25, -0.2) is 0 Å². The van der Waals surface area contributed by atoms with Gasteiger partial charge in [-0.15, -0.1) is 0 Å². The van der Waals surface area contributed by atoms with Crippen LogP contribution >= 0.6 is 0 Å². The molecule has 0 bridgehead atoms. The zero-order chi connectivity index (χ0) is 53.1. The highest BCUT2D eigenvalue weighted by atomic mass is 28.3. The van der Waals surface area contributed by atoms with Crippen LogP contribution in [0.3, 0.4) is 0 Å². The summed E-state index contributed by atoms with van der Waals surface area (Å²) in [6.45, 7) is 24.9. The summed E-state index contributed by atoms with van der Waals surface area (Å²) in [5.74, 6) is 0.224. The fraction of sp³-hybridized carbons (Fsp3) is 0.227. The molecule has 0 saturated heterocycles. The van der Waals surface area contributed by atoms with Gasteiger partial charge < -0.3 is 0 Å². The van der Waals surface area contributed by atoms with Gasteiger partial charge in [0.05, 0.1) is 0 Å². The number of aryl methyl sites for hydroxylation is 3. The first-order valence-electron chi connectivity index (χ1n) is 27.8. The normalized spacial score (nSPS) is 13.7. The van der Waals surface area contributed by atoms with Crippen molar-refractivity contribution in [1.82, 2.24) is 0 Å². The maximum atomic E-state index is 2.64. The third-order valence-corrected chi connectivity index (χ3v) is 23.6. The molecule has 1 aliphatic carbocycles. The lowest BCUT2D eigenvalue weighted by atomic mass is 9.90. The minimum absolute atomic E-state index is 0.224. The third kappa shape index (κ3) is 10.1. The van der Waals surface area contributed by atoms with Crippen molar-refractivity contribution in [2.24, 2.45) is 5.92 Å². The van der Waals surface area contributed by atoms with E-state index in [0.717, 1.165) is 38.5 Å². The van der Waals surface area contributed by atoms with Gasteiger partial charge >= 0.3 is 0 Å². The first-order chi connectivity index (χ1) is 36.8. The third-order valence-electron chi connectivity index (χ3n) is 17.6. The molecule has 0 spiro atoms. The van der Waals surface area contributed by atoms with E-state index in [1.54, 1.807) is 20.8 Å². The van der Waals surface area contributed by atoms with Crippen molar-refractivity contribution in [1.29, 1.82) is 0 Å². The Morgan fingerprint density at radius 3 is 0.763 bits per heavy atom. The molecule has 0 aliphatic heterocycles. The quantitative estimate of drug-likeness (QED) is 0.0668. The molecule has 1 heteroatoms. The van der Waals surface area contributed by atoms with Crippen LogP contribution in [0.5, 0.6) is 0 Å². The Hall–Kier alpha value is -7.32. The Morgan fingerprint density at radius 1 is 0.303 bits per heavy atom. The zero-order valence-corrected chi connectivity index (χ0v) is 47.9. The maximum absolute atomic E-state index is 3.53. The van der Waals surface area contributed by atoms with Crippen molar-refractivity contribution < 1.29 is 0 Å². The first kappa shape index (κ1) is 52.1. The van der Waals surface area contributed by atoms with Crippen molar-refractivity contribution in [3.05, 3.63) is 322 Å². The number of rotatable bonds is 16. The Labute approximate surface area is 457 Å². The van der Waals surface area contributed by atoms with Crippen molar-refractivity contribution in [3.8, 4) is 0 Å². The van der Waals surface area contributed by atoms with Gasteiger partial charge in [-0.2, -0.15) is 0 Å². The summed E-state index contributed by atoms with van der Waals surface area (Å²) in [6.07, 6.45) is 5.21. The molecule has 0 aromatic heterocycles. The van der Waals surface area contributed by atoms with E-state index < -0.39 is 8.07 Å². The number of allylic oxidation sites excluding steroid dienone is 4. The topological polar surface area (TPSA) is 0 Å². The molecule has 0 heterocycles. The first-order valence-corrected chi connectivity index (χ1v) is 29.8. The second kappa shape index (κ2) is 22.5. The molecule has 0 radical (unpaired) electrons. The maximum Gasteiger partial charge on any atom is 0.178 e. The number of benzene rings is 9. The van der Waals surface area contributed by atoms with Crippen LogP contribution in [0.25, 0.3) is 0 Å². The molecule has 1 unspecified atom stereocenters. The summed E-state index contributed by atoms with van der Waals surface area (Å²) < 4.78 is 0. The summed E-state index contributed by atoms with van der Waals surface area (Å²) in [5.41, 5.74) is 29.8. The Morgan fingerprint density at radius 2 is 0.539 bits per heavy atom. The lowest BCUT2D eigenvalue weighted by molar-refractivity contribution is 0.850. The van der Waals surface area contributed by atoms with Crippen LogP contribution in [0, 0.1) is 47.5 Å². The van der Waals surface area contributed by atoms with E-state index in [9.17, 15) is 0 Å². The van der Waals surface area contributed by atoms with Crippen LogP contribution in [0.1, 0.15) is 128 Å². The van der Waals surface area contributed by atoms with Gasteiger partial charge in [-0.3, -0.25) is 0 Å². The summed E-state index contributed by atoms with van der Waals surface area (Å²) >= 11 is 0. The van der Waals surface area contributed by atoms with Crippen LogP contribution in [0.4, 0.5) is 0 Å². The lowest BCUT2D eigenvalue weighted by Gasteiger charge is -2.46. The van der Waals surface area contributed by atoms with E-state index in [1.807, 2.05) is 0 Å². The predicted molar refractivity (Wildman–Crippen MR) is 328 cm³/mol. The molecular weight excluding hydrogens is 929 g/mol. The van der Waals surface area contributed by atoms with Gasteiger partial charge in [0.1, 0.15) is 0 Å². The monoisotopic (exact) mass is 1000 g/mol. The standard InChI is InChI=1S/C75H76Si/c1-50-41-66(44-60-29-17-11-18-30-60)57(8)69(47-63-35-23-14-24-36-63)72(50)76(75-55(6)53(4)54(5)56(75)7,73-51(2)42-67(45-61-31-19-12-20-32-61)58(9)70(73)48-64-37-25-15-26-38-64)74-52(3)43-68(46-62-33-21-13-22-34-62)59(10)71(74)49-65-39-27-16-28-40-65/h11-43,55H,44-49H2,1-10H3. The SMILES string of the molecule is CC1=C(C)C(C)C([Si](c2c(C)cc(Cc3ccccc3)c(C)c2Cc2ccccc2)(c2c(C)cc(Cc3ccccc3)c(C)c2Cc2ccccc2)c2c(C)cc(Cc3ccccc3)c(C)c2Cc2ccccc2)=C1C. The Bertz CT molecular complexity index is 3240. The van der Waals surface area contributed by atoms with E-state index in [4.69, 9.17) is 0 Å². The van der Waals surface area contributed by atoms with Gasteiger partial charge in [-0.1, -0.05) is 240 Å². The molecule has 9 aromatic rings. The number of hydrogen-bond donors (Lipinski definition) is 0. The molecule has 1 aliphatic rings.